The fraction of sp³-hybridized carbons (Fsp3) is 0.370. The van der Waals surface area contributed by atoms with Crippen LogP contribution in [0.1, 0.15) is 20.8 Å². The molecule has 11 heteroatoms. The Morgan fingerprint density at radius 2 is 1.97 bits per heavy atom. The van der Waals surface area contributed by atoms with Crippen LogP contribution in [-0.4, -0.2) is 73.5 Å². The zero-order valence-corrected chi connectivity index (χ0v) is 22.6. The number of halogens is 1. The van der Waals surface area contributed by atoms with Crippen LogP contribution in [0.25, 0.3) is 5.69 Å². The number of aromatic nitrogens is 1. The summed E-state index contributed by atoms with van der Waals surface area (Å²) in [4.78, 5) is 42.5. The lowest BCUT2D eigenvalue weighted by Gasteiger charge is -2.26. The second kappa shape index (κ2) is 11.7. The molecule has 2 amide bonds. The summed E-state index contributed by atoms with van der Waals surface area (Å²) in [6, 6.07) is 12.6. The van der Waals surface area contributed by atoms with Crippen LogP contribution in [0.4, 0.5) is 10.5 Å². The fourth-order valence-electron chi connectivity index (χ4n) is 4.67. The van der Waals surface area contributed by atoms with Crippen molar-refractivity contribution in [3.8, 4) is 5.69 Å². The van der Waals surface area contributed by atoms with Gasteiger partial charge in [-0.2, -0.15) is 0 Å². The molecule has 2 aromatic heterocycles. The van der Waals surface area contributed by atoms with Crippen LogP contribution < -0.4 is 15.8 Å². The minimum absolute atomic E-state index is 0.0416. The maximum atomic E-state index is 13.3. The number of morpholine rings is 1. The number of aryl methyl sites for hydroxylation is 1. The molecular formula is C27H29ClN4O5S. The van der Waals surface area contributed by atoms with Crippen molar-refractivity contribution in [3.63, 3.8) is 0 Å². The van der Waals surface area contributed by atoms with Crippen molar-refractivity contribution in [1.82, 2.24) is 14.8 Å². The van der Waals surface area contributed by atoms with Gasteiger partial charge in [0, 0.05) is 37.1 Å². The molecule has 9 nitrogen and oxygen atoms in total. The number of carbonyl (C=O) groups is 2. The molecule has 3 aromatic rings. The summed E-state index contributed by atoms with van der Waals surface area (Å²) >= 11 is 7.09. The quantitative estimate of drug-likeness (QED) is 0.456. The second-order valence-corrected chi connectivity index (χ2v) is 11.0. The number of nitrogens with zero attached hydrogens (tertiary/aromatic N) is 3. The smallest absolute Gasteiger partial charge is 0.414 e. The first-order chi connectivity index (χ1) is 18.4. The Morgan fingerprint density at radius 1 is 1.16 bits per heavy atom. The average Bonchev–Trinajstić information content (AvgIpc) is 3.52. The third kappa shape index (κ3) is 5.94. The Bertz CT molecular complexity index is 1380. The number of ether oxygens (including phenoxy) is 2. The molecule has 2 saturated heterocycles. The molecule has 1 aromatic carbocycles. The van der Waals surface area contributed by atoms with Gasteiger partial charge in [-0.1, -0.05) is 17.7 Å². The highest BCUT2D eigenvalue weighted by Gasteiger charge is 2.33. The van der Waals surface area contributed by atoms with Crippen LogP contribution in [-0.2, 0) is 15.9 Å². The van der Waals surface area contributed by atoms with Gasteiger partial charge in [0.2, 0.25) is 0 Å². The molecule has 2 fully saturated rings. The van der Waals surface area contributed by atoms with Crippen molar-refractivity contribution in [3.05, 3.63) is 79.4 Å². The minimum Gasteiger partial charge on any atom is -0.442 e. The van der Waals surface area contributed by atoms with Gasteiger partial charge < -0.3 is 14.8 Å². The number of rotatable bonds is 8. The number of nitrogens with one attached hydrogen (secondary N) is 1. The Morgan fingerprint density at radius 3 is 2.71 bits per heavy atom. The summed E-state index contributed by atoms with van der Waals surface area (Å²) in [6.07, 6.45) is 1.49. The molecule has 2 aliphatic rings. The average molecular weight is 557 g/mol. The molecule has 1 atom stereocenters. The number of amides is 2. The van der Waals surface area contributed by atoms with E-state index in [0.717, 1.165) is 49.7 Å². The normalized spacial score (nSPS) is 18.0. The van der Waals surface area contributed by atoms with E-state index in [1.54, 1.807) is 22.9 Å². The number of anilines is 1. The number of hydrogen-bond donors (Lipinski definition) is 1. The molecular weight excluding hydrogens is 528 g/mol. The molecule has 0 aliphatic carbocycles. The topological polar surface area (TPSA) is 93.1 Å². The first-order valence-electron chi connectivity index (χ1n) is 12.5. The zero-order chi connectivity index (χ0) is 26.6. The standard InChI is InChI=1S/C27H29ClN4O5S/c1-18-15-20(32-17-21(37-27(32)35)16-29-25(33)23-6-7-24(28)38-23)4-5-22(18)31-9-2-3-19(26(31)34)8-10-30-11-13-36-14-12-30/h2-7,9,15,21H,8,10-14,16-17H2,1H3,(H,29,33)/t21-/m0/s1. The first kappa shape index (κ1) is 26.4. The van der Waals surface area contributed by atoms with Gasteiger partial charge in [0.15, 0.2) is 0 Å². The maximum absolute atomic E-state index is 13.3. The summed E-state index contributed by atoms with van der Waals surface area (Å²) < 4.78 is 13.1. The Labute approximate surface area is 229 Å². The van der Waals surface area contributed by atoms with E-state index in [4.69, 9.17) is 21.1 Å². The van der Waals surface area contributed by atoms with Gasteiger partial charge in [-0.05, 0) is 55.3 Å². The van der Waals surface area contributed by atoms with Gasteiger partial charge in [-0.3, -0.25) is 24.0 Å². The van der Waals surface area contributed by atoms with Gasteiger partial charge >= 0.3 is 6.09 Å². The van der Waals surface area contributed by atoms with Gasteiger partial charge in [0.25, 0.3) is 11.5 Å². The van der Waals surface area contributed by atoms with Crippen molar-refractivity contribution >= 4 is 40.6 Å². The maximum Gasteiger partial charge on any atom is 0.414 e. The third-order valence-electron chi connectivity index (χ3n) is 6.74. The zero-order valence-electron chi connectivity index (χ0n) is 21.0. The molecule has 4 heterocycles. The highest BCUT2D eigenvalue weighted by atomic mass is 35.5. The third-order valence-corrected chi connectivity index (χ3v) is 7.97. The Kier molecular flexibility index (Phi) is 8.13. The van der Waals surface area contributed by atoms with E-state index in [0.29, 0.717) is 27.9 Å². The van der Waals surface area contributed by atoms with Gasteiger partial charge in [0.05, 0.1) is 41.2 Å². The molecule has 0 spiro atoms. The Hall–Kier alpha value is -3.18. The summed E-state index contributed by atoms with van der Waals surface area (Å²) in [5.41, 5.74) is 3.01. The molecule has 0 saturated carbocycles. The highest BCUT2D eigenvalue weighted by molar-refractivity contribution is 7.18. The predicted molar refractivity (Wildman–Crippen MR) is 147 cm³/mol. The minimum atomic E-state index is -0.479. The monoisotopic (exact) mass is 556 g/mol. The van der Waals surface area contributed by atoms with Crippen LogP contribution in [0.2, 0.25) is 4.34 Å². The molecule has 200 valence electrons. The lowest BCUT2D eigenvalue weighted by atomic mass is 10.1. The van der Waals surface area contributed by atoms with Crippen molar-refractivity contribution in [2.75, 3.05) is 50.8 Å². The number of thiophene rings is 1. The molecule has 1 N–H and O–H groups in total. The number of pyridine rings is 1. The predicted octanol–water partition coefficient (Wildman–Crippen LogP) is 3.49. The molecule has 2 aliphatic heterocycles. The van der Waals surface area contributed by atoms with Crippen LogP contribution in [0.3, 0.4) is 0 Å². The molecule has 0 unspecified atom stereocenters. The van der Waals surface area contributed by atoms with E-state index in [-0.39, 0.29) is 18.0 Å². The summed E-state index contributed by atoms with van der Waals surface area (Å²) in [7, 11) is 0. The van der Waals surface area contributed by atoms with Crippen molar-refractivity contribution in [2.45, 2.75) is 19.4 Å². The van der Waals surface area contributed by atoms with Crippen molar-refractivity contribution < 1.29 is 19.1 Å². The number of benzene rings is 1. The molecule has 0 bridgehead atoms. The van der Waals surface area contributed by atoms with E-state index < -0.39 is 12.2 Å². The van der Waals surface area contributed by atoms with E-state index in [1.165, 1.54) is 16.2 Å². The van der Waals surface area contributed by atoms with E-state index in [2.05, 4.69) is 10.2 Å². The number of hydrogen-bond acceptors (Lipinski definition) is 7. The van der Waals surface area contributed by atoms with Crippen molar-refractivity contribution in [2.24, 2.45) is 0 Å². The molecule has 5 rings (SSSR count). The largest absolute Gasteiger partial charge is 0.442 e. The summed E-state index contributed by atoms with van der Waals surface area (Å²) in [5.74, 6) is -0.255. The lowest BCUT2D eigenvalue weighted by molar-refractivity contribution is 0.0384. The number of cyclic esters (lactones) is 1. The second-order valence-electron chi connectivity index (χ2n) is 9.31. The first-order valence-corrected chi connectivity index (χ1v) is 13.7. The van der Waals surface area contributed by atoms with Crippen LogP contribution in [0.5, 0.6) is 0 Å². The van der Waals surface area contributed by atoms with Gasteiger partial charge in [-0.25, -0.2) is 4.79 Å². The van der Waals surface area contributed by atoms with Gasteiger partial charge in [-0.15, -0.1) is 11.3 Å². The van der Waals surface area contributed by atoms with Crippen LogP contribution >= 0.6 is 22.9 Å². The highest BCUT2D eigenvalue weighted by Crippen LogP contribution is 2.26. The molecule has 38 heavy (non-hydrogen) atoms. The van der Waals surface area contributed by atoms with Crippen LogP contribution in [0.15, 0.2) is 53.5 Å². The Balaban J connectivity index is 1.24. The fourth-order valence-corrected chi connectivity index (χ4v) is 5.63. The summed E-state index contributed by atoms with van der Waals surface area (Å²) in [6.45, 7) is 6.47. The van der Waals surface area contributed by atoms with E-state index in [1.807, 2.05) is 37.3 Å². The molecule has 0 radical (unpaired) electrons. The van der Waals surface area contributed by atoms with E-state index >= 15 is 0 Å². The van der Waals surface area contributed by atoms with Gasteiger partial charge in [0.1, 0.15) is 6.10 Å². The van der Waals surface area contributed by atoms with Crippen molar-refractivity contribution in [1.29, 1.82) is 0 Å². The SMILES string of the molecule is Cc1cc(N2C[C@H](CNC(=O)c3ccc(Cl)s3)OC2=O)ccc1-n1cccc(CCN2CCOCC2)c1=O. The van der Waals surface area contributed by atoms with E-state index in [9.17, 15) is 14.4 Å². The number of carbonyl (C=O) groups excluding carboxylic acids is 2. The summed E-state index contributed by atoms with van der Waals surface area (Å²) in [5, 5.41) is 2.79. The van der Waals surface area contributed by atoms with Crippen LogP contribution in [0, 0.1) is 6.92 Å². The lowest BCUT2D eigenvalue weighted by Crippen LogP contribution is -2.38.